The molecule has 0 aliphatic carbocycles. The van der Waals surface area contributed by atoms with E-state index < -0.39 is 5.97 Å². The Hall–Kier alpha value is -1.47. The van der Waals surface area contributed by atoms with Gasteiger partial charge in [0.25, 0.3) is 0 Å². The first-order valence-corrected chi connectivity index (χ1v) is 8.05. The number of aromatic nitrogens is 1. The van der Waals surface area contributed by atoms with E-state index in [9.17, 15) is 9.59 Å². The molecule has 0 radical (unpaired) electrons. The summed E-state index contributed by atoms with van der Waals surface area (Å²) in [6, 6.07) is 0. The van der Waals surface area contributed by atoms with Gasteiger partial charge in [0, 0.05) is 6.42 Å². The highest BCUT2D eigenvalue weighted by Crippen LogP contribution is 2.19. The van der Waals surface area contributed by atoms with E-state index in [0.29, 0.717) is 29.6 Å². The summed E-state index contributed by atoms with van der Waals surface area (Å²) in [7, 11) is 0. The van der Waals surface area contributed by atoms with Gasteiger partial charge < -0.3 is 15.7 Å². The van der Waals surface area contributed by atoms with Gasteiger partial charge in [-0.15, -0.1) is 11.3 Å². The minimum absolute atomic E-state index is 0.0123. The molecule has 7 heteroatoms. The molecule has 1 aliphatic heterocycles. The Morgan fingerprint density at radius 3 is 2.76 bits per heavy atom. The summed E-state index contributed by atoms with van der Waals surface area (Å²) < 4.78 is 0. The van der Waals surface area contributed by atoms with Crippen molar-refractivity contribution in [2.75, 3.05) is 13.1 Å². The number of carbonyl (C=O) groups is 2. The molecule has 2 heterocycles. The fourth-order valence-electron chi connectivity index (χ4n) is 2.49. The summed E-state index contributed by atoms with van der Waals surface area (Å²) >= 11 is 1.12. The molecule has 116 valence electrons. The second kappa shape index (κ2) is 7.51. The Kier molecular flexibility index (Phi) is 5.69. The highest BCUT2D eigenvalue weighted by molar-refractivity contribution is 7.13. The van der Waals surface area contributed by atoms with Crippen LogP contribution in [-0.2, 0) is 11.3 Å². The van der Waals surface area contributed by atoms with Crippen LogP contribution in [-0.4, -0.2) is 35.1 Å². The van der Waals surface area contributed by atoms with Gasteiger partial charge in [0.15, 0.2) is 0 Å². The average Bonchev–Trinajstić information content (AvgIpc) is 2.85. The van der Waals surface area contributed by atoms with Gasteiger partial charge in [-0.05, 0) is 45.2 Å². The molecule has 1 aliphatic rings. The van der Waals surface area contributed by atoms with Gasteiger partial charge in [-0.1, -0.05) is 0 Å². The molecule has 0 spiro atoms. The highest BCUT2D eigenvalue weighted by Gasteiger charge is 2.16. The fraction of sp³-hybridized carbons (Fsp3) is 0.643. The second-order valence-electron chi connectivity index (χ2n) is 5.34. The first-order chi connectivity index (χ1) is 10.1. The zero-order valence-electron chi connectivity index (χ0n) is 12.1. The van der Waals surface area contributed by atoms with Crippen molar-refractivity contribution < 1.29 is 14.7 Å². The van der Waals surface area contributed by atoms with Crippen molar-refractivity contribution in [3.63, 3.8) is 0 Å². The molecule has 21 heavy (non-hydrogen) atoms. The van der Waals surface area contributed by atoms with E-state index in [0.717, 1.165) is 43.7 Å². The number of nitrogens with zero attached hydrogens (tertiary/aromatic N) is 1. The molecule has 3 N–H and O–H groups in total. The van der Waals surface area contributed by atoms with E-state index in [1.165, 1.54) is 0 Å². The number of piperidine rings is 1. The van der Waals surface area contributed by atoms with Crippen LogP contribution in [0.4, 0.5) is 0 Å². The summed E-state index contributed by atoms with van der Waals surface area (Å²) in [5.74, 6) is -0.315. The van der Waals surface area contributed by atoms with E-state index in [4.69, 9.17) is 5.11 Å². The SMILES string of the molecule is Cc1nc(CNC(=O)CCC2CCNCC2)sc1C(=O)O. The molecular formula is C14H21N3O3S. The third-order valence-corrected chi connectivity index (χ3v) is 4.86. The monoisotopic (exact) mass is 311 g/mol. The van der Waals surface area contributed by atoms with Crippen LogP contribution in [0.15, 0.2) is 0 Å². The molecule has 1 amide bonds. The number of thiazole rings is 1. The Morgan fingerprint density at radius 1 is 1.43 bits per heavy atom. The van der Waals surface area contributed by atoms with Crippen molar-refractivity contribution in [2.45, 2.75) is 39.2 Å². The quantitative estimate of drug-likeness (QED) is 0.741. The predicted octanol–water partition coefficient (Wildman–Crippen LogP) is 1.55. The number of aryl methyl sites for hydroxylation is 1. The zero-order valence-corrected chi connectivity index (χ0v) is 13.0. The van der Waals surface area contributed by atoms with Gasteiger partial charge in [0.2, 0.25) is 5.91 Å². The van der Waals surface area contributed by atoms with Crippen molar-refractivity contribution in [3.8, 4) is 0 Å². The topological polar surface area (TPSA) is 91.3 Å². The van der Waals surface area contributed by atoms with E-state index in [1.54, 1.807) is 6.92 Å². The van der Waals surface area contributed by atoms with Gasteiger partial charge in [0.1, 0.15) is 9.88 Å². The molecule has 0 aromatic carbocycles. The molecule has 1 aromatic rings. The van der Waals surface area contributed by atoms with Crippen LogP contribution in [0.25, 0.3) is 0 Å². The Labute approximate surface area is 128 Å². The number of rotatable bonds is 6. The summed E-state index contributed by atoms with van der Waals surface area (Å²) in [6.07, 6.45) is 3.73. The Balaban J connectivity index is 1.73. The number of carbonyl (C=O) groups excluding carboxylic acids is 1. The zero-order chi connectivity index (χ0) is 15.2. The third kappa shape index (κ3) is 4.78. The van der Waals surface area contributed by atoms with Crippen LogP contribution in [0.3, 0.4) is 0 Å². The lowest BCUT2D eigenvalue weighted by Crippen LogP contribution is -2.29. The molecule has 1 saturated heterocycles. The van der Waals surface area contributed by atoms with E-state index in [1.807, 2.05) is 0 Å². The minimum Gasteiger partial charge on any atom is -0.477 e. The van der Waals surface area contributed by atoms with Crippen LogP contribution in [0, 0.1) is 12.8 Å². The van der Waals surface area contributed by atoms with Crippen molar-refractivity contribution in [3.05, 3.63) is 15.6 Å². The van der Waals surface area contributed by atoms with E-state index in [-0.39, 0.29) is 10.8 Å². The molecule has 0 unspecified atom stereocenters. The Morgan fingerprint density at radius 2 is 2.14 bits per heavy atom. The lowest BCUT2D eigenvalue weighted by molar-refractivity contribution is -0.121. The maximum Gasteiger partial charge on any atom is 0.347 e. The standard InChI is InChI=1S/C14H21N3O3S/c1-9-13(14(19)20)21-12(17-9)8-16-11(18)3-2-10-4-6-15-7-5-10/h10,15H,2-8H2,1H3,(H,16,18)(H,19,20). The van der Waals surface area contributed by atoms with E-state index >= 15 is 0 Å². The lowest BCUT2D eigenvalue weighted by Gasteiger charge is -2.22. The maximum absolute atomic E-state index is 11.8. The van der Waals surface area contributed by atoms with Crippen molar-refractivity contribution in [1.29, 1.82) is 0 Å². The van der Waals surface area contributed by atoms with Crippen LogP contribution in [0.1, 0.15) is 46.1 Å². The summed E-state index contributed by atoms with van der Waals surface area (Å²) in [5, 5.41) is 15.7. The molecule has 1 aromatic heterocycles. The molecule has 6 nitrogen and oxygen atoms in total. The number of amides is 1. The summed E-state index contributed by atoms with van der Waals surface area (Å²) in [4.78, 5) is 27.2. The normalized spacial score (nSPS) is 15.9. The third-order valence-electron chi connectivity index (χ3n) is 3.71. The second-order valence-corrected chi connectivity index (χ2v) is 6.42. The molecule has 0 bridgehead atoms. The van der Waals surface area contributed by atoms with Crippen molar-refractivity contribution >= 4 is 23.2 Å². The number of aromatic carboxylic acids is 1. The molecular weight excluding hydrogens is 290 g/mol. The average molecular weight is 311 g/mol. The predicted molar refractivity (Wildman–Crippen MR) is 80.5 cm³/mol. The van der Waals surface area contributed by atoms with E-state index in [2.05, 4.69) is 15.6 Å². The summed E-state index contributed by atoms with van der Waals surface area (Å²) in [5.41, 5.74) is 0.506. The fourth-order valence-corrected chi connectivity index (χ4v) is 3.34. The number of hydrogen-bond acceptors (Lipinski definition) is 5. The number of nitrogens with one attached hydrogen (secondary N) is 2. The summed E-state index contributed by atoms with van der Waals surface area (Å²) in [6.45, 7) is 4.07. The largest absolute Gasteiger partial charge is 0.477 e. The first kappa shape index (κ1) is 15.9. The highest BCUT2D eigenvalue weighted by atomic mass is 32.1. The number of carboxylic acid groups (broad SMARTS) is 1. The number of carboxylic acids is 1. The van der Waals surface area contributed by atoms with Crippen LogP contribution < -0.4 is 10.6 Å². The molecule has 1 fully saturated rings. The molecule has 2 rings (SSSR count). The molecule has 0 saturated carbocycles. The van der Waals surface area contributed by atoms with Crippen molar-refractivity contribution in [1.82, 2.24) is 15.6 Å². The maximum atomic E-state index is 11.8. The van der Waals surface area contributed by atoms with Crippen LogP contribution in [0.5, 0.6) is 0 Å². The smallest absolute Gasteiger partial charge is 0.347 e. The molecule has 0 atom stereocenters. The lowest BCUT2D eigenvalue weighted by atomic mass is 9.93. The van der Waals surface area contributed by atoms with Gasteiger partial charge in [0.05, 0.1) is 12.2 Å². The van der Waals surface area contributed by atoms with Crippen LogP contribution >= 0.6 is 11.3 Å². The van der Waals surface area contributed by atoms with Gasteiger partial charge in [-0.3, -0.25) is 4.79 Å². The number of hydrogen-bond donors (Lipinski definition) is 3. The van der Waals surface area contributed by atoms with Gasteiger partial charge in [-0.25, -0.2) is 9.78 Å². The van der Waals surface area contributed by atoms with Crippen LogP contribution in [0.2, 0.25) is 0 Å². The van der Waals surface area contributed by atoms with Gasteiger partial charge >= 0.3 is 5.97 Å². The first-order valence-electron chi connectivity index (χ1n) is 7.23. The Bertz CT molecular complexity index is 510. The van der Waals surface area contributed by atoms with Crippen molar-refractivity contribution in [2.24, 2.45) is 5.92 Å². The minimum atomic E-state index is -0.964. The van der Waals surface area contributed by atoms with Gasteiger partial charge in [-0.2, -0.15) is 0 Å².